The fourth-order valence-electron chi connectivity index (χ4n) is 1.06. The Labute approximate surface area is 60.4 Å². The highest BCUT2D eigenvalue weighted by atomic mass is 16.3. The van der Waals surface area contributed by atoms with E-state index >= 15 is 0 Å². The van der Waals surface area contributed by atoms with E-state index in [0.717, 1.165) is 0 Å². The van der Waals surface area contributed by atoms with Gasteiger partial charge in [0, 0.05) is 13.0 Å². The number of carbonyl (C=O) groups excluding carboxylic acids is 1. The first-order chi connectivity index (χ1) is 4.70. The molecule has 2 atom stereocenters. The van der Waals surface area contributed by atoms with E-state index in [4.69, 9.17) is 0 Å². The van der Waals surface area contributed by atoms with Crippen LogP contribution in [0.3, 0.4) is 0 Å². The van der Waals surface area contributed by atoms with Gasteiger partial charge in [0.25, 0.3) is 0 Å². The molecule has 0 aromatic carbocycles. The lowest BCUT2D eigenvalue weighted by molar-refractivity contribution is -0.120. The molecule has 0 saturated carbocycles. The zero-order valence-corrected chi connectivity index (χ0v) is 6.13. The predicted octanol–water partition coefficient (Wildman–Crippen LogP) is -0.107. The molecule has 0 aliphatic carbocycles. The molecule has 0 radical (unpaired) electrons. The Balaban J connectivity index is 2.46. The molecule has 0 bridgehead atoms. The van der Waals surface area contributed by atoms with Gasteiger partial charge < -0.3 is 10.4 Å². The SMILES string of the molecule is CC1CNC(=O)CCC1O. The lowest BCUT2D eigenvalue weighted by Gasteiger charge is -2.12. The fraction of sp³-hybridized carbons (Fsp3) is 0.857. The minimum absolute atomic E-state index is 0.0587. The summed E-state index contributed by atoms with van der Waals surface area (Å²) in [5.74, 6) is 0.259. The number of aliphatic hydroxyl groups is 1. The summed E-state index contributed by atoms with van der Waals surface area (Å²) in [5.41, 5.74) is 0. The van der Waals surface area contributed by atoms with Gasteiger partial charge in [-0.3, -0.25) is 4.79 Å². The van der Waals surface area contributed by atoms with Crippen LogP contribution in [0.4, 0.5) is 0 Å². The van der Waals surface area contributed by atoms with Gasteiger partial charge >= 0.3 is 0 Å². The van der Waals surface area contributed by atoms with Crippen molar-refractivity contribution in [1.29, 1.82) is 0 Å². The molecule has 2 N–H and O–H groups in total. The van der Waals surface area contributed by atoms with Crippen molar-refractivity contribution in [2.24, 2.45) is 5.92 Å². The summed E-state index contributed by atoms with van der Waals surface area (Å²) in [6.45, 7) is 2.55. The van der Waals surface area contributed by atoms with Crippen LogP contribution in [0, 0.1) is 5.92 Å². The summed E-state index contributed by atoms with van der Waals surface area (Å²) in [4.78, 5) is 10.8. The Bertz CT molecular complexity index is 122. The monoisotopic (exact) mass is 143 g/mol. The van der Waals surface area contributed by atoms with Gasteiger partial charge in [0.2, 0.25) is 5.91 Å². The summed E-state index contributed by atoms with van der Waals surface area (Å²) in [7, 11) is 0. The molecule has 1 saturated heterocycles. The number of rotatable bonds is 0. The smallest absolute Gasteiger partial charge is 0.220 e. The van der Waals surface area contributed by atoms with E-state index in [2.05, 4.69) is 5.32 Å². The molecule has 0 aromatic rings. The maximum absolute atomic E-state index is 10.8. The minimum Gasteiger partial charge on any atom is -0.393 e. The van der Waals surface area contributed by atoms with E-state index in [9.17, 15) is 9.90 Å². The maximum atomic E-state index is 10.8. The minimum atomic E-state index is -0.307. The molecule has 3 nitrogen and oxygen atoms in total. The van der Waals surface area contributed by atoms with E-state index in [1.807, 2.05) is 6.92 Å². The van der Waals surface area contributed by atoms with Crippen molar-refractivity contribution in [3.63, 3.8) is 0 Å². The van der Waals surface area contributed by atoms with Gasteiger partial charge in [-0.25, -0.2) is 0 Å². The highest BCUT2D eigenvalue weighted by Gasteiger charge is 2.19. The largest absolute Gasteiger partial charge is 0.393 e. The van der Waals surface area contributed by atoms with Crippen LogP contribution in [0.2, 0.25) is 0 Å². The average Bonchev–Trinajstić information content (AvgIpc) is 2.04. The maximum Gasteiger partial charge on any atom is 0.220 e. The molecule has 1 aliphatic heterocycles. The Morgan fingerprint density at radius 1 is 1.70 bits per heavy atom. The molecule has 1 amide bonds. The Hall–Kier alpha value is -0.570. The van der Waals surface area contributed by atoms with Gasteiger partial charge in [0.05, 0.1) is 6.10 Å². The second kappa shape index (κ2) is 3.01. The molecule has 1 aliphatic rings. The van der Waals surface area contributed by atoms with Crippen LogP contribution >= 0.6 is 0 Å². The summed E-state index contributed by atoms with van der Waals surface area (Å²) in [5, 5.41) is 12.0. The summed E-state index contributed by atoms with van der Waals surface area (Å²) < 4.78 is 0. The predicted molar refractivity (Wildman–Crippen MR) is 37.4 cm³/mol. The Morgan fingerprint density at radius 3 is 3.10 bits per heavy atom. The van der Waals surface area contributed by atoms with Gasteiger partial charge in [-0.2, -0.15) is 0 Å². The zero-order chi connectivity index (χ0) is 7.56. The van der Waals surface area contributed by atoms with Crippen LogP contribution in [0.5, 0.6) is 0 Å². The molecule has 1 fully saturated rings. The summed E-state index contributed by atoms with van der Waals surface area (Å²) >= 11 is 0. The molecule has 1 rings (SSSR count). The molecule has 0 spiro atoms. The van der Waals surface area contributed by atoms with Crippen LogP contribution in [0.25, 0.3) is 0 Å². The van der Waals surface area contributed by atoms with Gasteiger partial charge in [0.15, 0.2) is 0 Å². The molecule has 1 heterocycles. The first kappa shape index (κ1) is 7.54. The topological polar surface area (TPSA) is 49.3 Å². The molecule has 2 unspecified atom stereocenters. The van der Waals surface area contributed by atoms with E-state index in [-0.39, 0.29) is 17.9 Å². The number of amides is 1. The third-order valence-corrected chi connectivity index (χ3v) is 1.95. The first-order valence-electron chi connectivity index (χ1n) is 3.65. The van der Waals surface area contributed by atoms with E-state index in [1.165, 1.54) is 0 Å². The molecule has 3 heteroatoms. The van der Waals surface area contributed by atoms with Crippen molar-refractivity contribution in [1.82, 2.24) is 5.32 Å². The normalized spacial score (nSPS) is 34.8. The van der Waals surface area contributed by atoms with Gasteiger partial charge in [-0.05, 0) is 12.3 Å². The van der Waals surface area contributed by atoms with Crippen molar-refractivity contribution in [2.75, 3.05) is 6.54 Å². The number of hydrogen-bond donors (Lipinski definition) is 2. The first-order valence-corrected chi connectivity index (χ1v) is 3.65. The van der Waals surface area contributed by atoms with Crippen LogP contribution in [-0.2, 0) is 4.79 Å². The fourth-order valence-corrected chi connectivity index (χ4v) is 1.06. The standard InChI is InChI=1S/C7H13NO2/c1-5-4-8-7(10)3-2-6(5)9/h5-6,9H,2-4H2,1H3,(H,8,10). The highest BCUT2D eigenvalue weighted by molar-refractivity contribution is 5.76. The number of aliphatic hydroxyl groups excluding tert-OH is 1. The van der Waals surface area contributed by atoms with Crippen molar-refractivity contribution >= 4 is 5.91 Å². The zero-order valence-electron chi connectivity index (χ0n) is 6.13. The molecule has 58 valence electrons. The van der Waals surface area contributed by atoms with E-state index in [1.54, 1.807) is 0 Å². The molecule has 0 aromatic heterocycles. The third kappa shape index (κ3) is 1.70. The van der Waals surface area contributed by atoms with E-state index in [0.29, 0.717) is 19.4 Å². The summed E-state index contributed by atoms with van der Waals surface area (Å²) in [6.07, 6.45) is 0.761. The van der Waals surface area contributed by atoms with Crippen LogP contribution < -0.4 is 5.32 Å². The van der Waals surface area contributed by atoms with Crippen LogP contribution in [-0.4, -0.2) is 23.7 Å². The summed E-state index contributed by atoms with van der Waals surface area (Å²) in [6, 6.07) is 0. The third-order valence-electron chi connectivity index (χ3n) is 1.95. The number of nitrogens with one attached hydrogen (secondary N) is 1. The second-order valence-electron chi connectivity index (χ2n) is 2.89. The van der Waals surface area contributed by atoms with Crippen LogP contribution in [0.1, 0.15) is 19.8 Å². The molecular weight excluding hydrogens is 130 g/mol. The second-order valence-corrected chi connectivity index (χ2v) is 2.89. The molecular formula is C7H13NO2. The average molecular weight is 143 g/mol. The van der Waals surface area contributed by atoms with Crippen molar-refractivity contribution in [3.05, 3.63) is 0 Å². The Morgan fingerprint density at radius 2 is 2.40 bits per heavy atom. The van der Waals surface area contributed by atoms with Crippen molar-refractivity contribution in [2.45, 2.75) is 25.9 Å². The lowest BCUT2D eigenvalue weighted by Crippen LogP contribution is -2.27. The van der Waals surface area contributed by atoms with E-state index < -0.39 is 0 Å². The van der Waals surface area contributed by atoms with Crippen molar-refractivity contribution < 1.29 is 9.90 Å². The van der Waals surface area contributed by atoms with Crippen molar-refractivity contribution in [3.8, 4) is 0 Å². The van der Waals surface area contributed by atoms with Crippen LogP contribution in [0.15, 0.2) is 0 Å². The highest BCUT2D eigenvalue weighted by Crippen LogP contribution is 2.11. The quantitative estimate of drug-likeness (QED) is 0.497. The van der Waals surface area contributed by atoms with Gasteiger partial charge in [-0.15, -0.1) is 0 Å². The van der Waals surface area contributed by atoms with Gasteiger partial charge in [0.1, 0.15) is 0 Å². The lowest BCUT2D eigenvalue weighted by atomic mass is 10.0. The number of hydrogen-bond acceptors (Lipinski definition) is 2. The number of carbonyl (C=O) groups is 1. The van der Waals surface area contributed by atoms with Gasteiger partial charge in [-0.1, -0.05) is 6.92 Å². The Kier molecular flexibility index (Phi) is 2.27. The molecule has 10 heavy (non-hydrogen) atoms.